The molecule has 0 unspecified atom stereocenters. The maximum absolute atomic E-state index is 9.06. The highest BCUT2D eigenvalue weighted by Crippen LogP contribution is 2.35. The van der Waals surface area contributed by atoms with Gasteiger partial charge >= 0.3 is 0 Å². The van der Waals surface area contributed by atoms with Crippen LogP contribution in [0.1, 0.15) is 22.6 Å². The van der Waals surface area contributed by atoms with Crippen molar-refractivity contribution in [1.29, 1.82) is 0 Å². The zero-order valence-electron chi connectivity index (χ0n) is 11.8. The number of aliphatic hydroxyl groups excluding tert-OH is 1. The molecule has 0 bridgehead atoms. The summed E-state index contributed by atoms with van der Waals surface area (Å²) in [5.74, 6) is 0. The Morgan fingerprint density at radius 2 is 1.62 bits per heavy atom. The third-order valence-electron chi connectivity index (χ3n) is 3.91. The summed E-state index contributed by atoms with van der Waals surface area (Å²) in [7, 11) is 0. The van der Waals surface area contributed by atoms with E-state index in [2.05, 4.69) is 35.0 Å². The minimum atomic E-state index is 0. The van der Waals surface area contributed by atoms with Crippen LogP contribution in [0, 0.1) is 0 Å². The van der Waals surface area contributed by atoms with Crippen molar-refractivity contribution in [1.82, 2.24) is 0 Å². The van der Waals surface area contributed by atoms with Crippen LogP contribution in [0.2, 0.25) is 0 Å². The predicted octanol–water partition coefficient (Wildman–Crippen LogP) is -0.713. The highest BCUT2D eigenvalue weighted by molar-refractivity contribution is 7.13. The fourth-order valence-corrected chi connectivity index (χ4v) is 4.61. The van der Waals surface area contributed by atoms with E-state index in [4.69, 9.17) is 5.11 Å². The van der Waals surface area contributed by atoms with Gasteiger partial charge in [0.25, 0.3) is 0 Å². The van der Waals surface area contributed by atoms with Gasteiger partial charge in [-0.2, -0.15) is 0 Å². The maximum Gasteiger partial charge on any atom is 0.101 e. The minimum Gasteiger partial charge on any atom is -1.00 e. The van der Waals surface area contributed by atoms with Gasteiger partial charge in [0.2, 0.25) is 0 Å². The first-order valence-corrected chi connectivity index (χ1v) is 8.88. The Morgan fingerprint density at radius 3 is 2.05 bits per heavy atom. The molecular weight excluding hydrogens is 322 g/mol. The van der Waals surface area contributed by atoms with E-state index in [1.165, 1.54) is 20.2 Å². The van der Waals surface area contributed by atoms with Crippen molar-refractivity contribution in [3.8, 4) is 0 Å². The molecule has 0 spiro atoms. The van der Waals surface area contributed by atoms with Crippen LogP contribution in [0.4, 0.5) is 0 Å². The lowest BCUT2D eigenvalue weighted by molar-refractivity contribution is -0.903. The van der Waals surface area contributed by atoms with E-state index >= 15 is 0 Å². The Labute approximate surface area is 140 Å². The summed E-state index contributed by atoms with van der Waals surface area (Å²) in [5, 5.41) is 13.4. The molecule has 0 aromatic carbocycles. The predicted molar refractivity (Wildman–Crippen MR) is 86.5 cm³/mol. The van der Waals surface area contributed by atoms with E-state index in [9.17, 15) is 0 Å². The molecule has 2 aromatic rings. The van der Waals surface area contributed by atoms with Crippen LogP contribution in [0.3, 0.4) is 0 Å². The molecule has 2 nitrogen and oxygen atoms in total. The van der Waals surface area contributed by atoms with Gasteiger partial charge in [-0.3, -0.25) is 0 Å². The number of rotatable bonds is 4. The number of halogens is 1. The van der Waals surface area contributed by atoms with Crippen molar-refractivity contribution >= 4 is 28.2 Å². The summed E-state index contributed by atoms with van der Waals surface area (Å²) < 4.78 is 0. The molecule has 114 valence electrons. The molecule has 21 heavy (non-hydrogen) atoms. The second-order valence-electron chi connectivity index (χ2n) is 5.16. The van der Waals surface area contributed by atoms with Gasteiger partial charge < -0.3 is 22.4 Å². The van der Waals surface area contributed by atoms with E-state index in [-0.39, 0.29) is 12.4 Å². The number of nitrogens with one attached hydrogen (secondary N) is 1. The van der Waals surface area contributed by atoms with Gasteiger partial charge in [-0.05, 0) is 28.5 Å². The van der Waals surface area contributed by atoms with Crippen molar-refractivity contribution in [2.45, 2.75) is 12.8 Å². The number of piperidine rings is 1. The van der Waals surface area contributed by atoms with Gasteiger partial charge in [0, 0.05) is 28.2 Å². The van der Waals surface area contributed by atoms with Crippen LogP contribution in [-0.4, -0.2) is 31.3 Å². The molecule has 3 rings (SSSR count). The number of likely N-dealkylation sites (tertiary alicyclic amines) is 1. The molecule has 0 aliphatic carbocycles. The zero-order valence-corrected chi connectivity index (χ0v) is 14.2. The molecule has 1 fully saturated rings. The van der Waals surface area contributed by atoms with Crippen molar-refractivity contribution in [2.75, 3.05) is 26.2 Å². The summed E-state index contributed by atoms with van der Waals surface area (Å²) in [6, 6.07) is 8.75. The van der Waals surface area contributed by atoms with Crippen LogP contribution < -0.4 is 17.3 Å². The molecule has 2 N–H and O–H groups in total. The van der Waals surface area contributed by atoms with E-state index in [1.807, 2.05) is 22.7 Å². The van der Waals surface area contributed by atoms with Gasteiger partial charge in [0.1, 0.15) is 6.54 Å². The first-order chi connectivity index (χ1) is 9.88. The van der Waals surface area contributed by atoms with Gasteiger partial charge in [0.15, 0.2) is 0 Å². The highest BCUT2D eigenvalue weighted by atomic mass is 35.5. The van der Waals surface area contributed by atoms with Gasteiger partial charge in [-0.25, -0.2) is 0 Å². The Balaban J connectivity index is 0.00000161. The zero-order chi connectivity index (χ0) is 13.8. The fourth-order valence-electron chi connectivity index (χ4n) is 2.87. The number of hydrogen-bond donors (Lipinski definition) is 2. The van der Waals surface area contributed by atoms with Gasteiger partial charge in [-0.1, -0.05) is 12.1 Å². The molecule has 5 heteroatoms. The molecular formula is C16H20ClNOS2. The number of hydrogen-bond acceptors (Lipinski definition) is 3. The molecule has 0 saturated carbocycles. The van der Waals surface area contributed by atoms with Crippen LogP contribution in [-0.2, 0) is 0 Å². The molecule has 0 atom stereocenters. The standard InChI is InChI=1S/C16H19NOS2.ClH/c18-10-9-17-7-5-13(6-8-17)16(14-3-1-11-19-14)15-4-2-12-20-15;/h1-4,11-12,18H,5-10H2;1H. The van der Waals surface area contributed by atoms with Gasteiger partial charge in [-0.15, -0.1) is 22.7 Å². The van der Waals surface area contributed by atoms with E-state index in [0.717, 1.165) is 32.5 Å². The van der Waals surface area contributed by atoms with Crippen LogP contribution >= 0.6 is 22.7 Å². The summed E-state index contributed by atoms with van der Waals surface area (Å²) in [6.45, 7) is 3.49. The van der Waals surface area contributed by atoms with Crippen molar-refractivity contribution in [3.63, 3.8) is 0 Å². The molecule has 0 radical (unpaired) electrons. The minimum absolute atomic E-state index is 0. The van der Waals surface area contributed by atoms with E-state index in [1.54, 1.807) is 5.57 Å². The second-order valence-corrected chi connectivity index (χ2v) is 7.05. The average molecular weight is 342 g/mol. The van der Waals surface area contributed by atoms with Crippen LogP contribution in [0.5, 0.6) is 0 Å². The number of aliphatic hydroxyl groups is 1. The maximum atomic E-state index is 9.06. The average Bonchev–Trinajstić information content (AvgIpc) is 3.15. The van der Waals surface area contributed by atoms with Crippen LogP contribution in [0.25, 0.3) is 5.57 Å². The van der Waals surface area contributed by atoms with Crippen molar-refractivity contribution in [3.05, 3.63) is 50.4 Å². The monoisotopic (exact) mass is 341 g/mol. The molecule has 1 aliphatic rings. The molecule has 1 saturated heterocycles. The first-order valence-electron chi connectivity index (χ1n) is 7.12. The van der Waals surface area contributed by atoms with Crippen molar-refractivity contribution in [2.24, 2.45) is 0 Å². The molecule has 0 amide bonds. The van der Waals surface area contributed by atoms with Crippen LogP contribution in [0.15, 0.2) is 40.6 Å². The normalized spacial score (nSPS) is 18.3. The van der Waals surface area contributed by atoms with Gasteiger partial charge in [0.05, 0.1) is 19.7 Å². The Bertz CT molecular complexity index is 517. The summed E-state index contributed by atoms with van der Waals surface area (Å²) in [4.78, 5) is 4.33. The number of quaternary nitrogens is 1. The van der Waals surface area contributed by atoms with E-state index < -0.39 is 0 Å². The first kappa shape index (κ1) is 16.7. The smallest absolute Gasteiger partial charge is 0.101 e. The third-order valence-corrected chi connectivity index (χ3v) is 5.69. The quantitative estimate of drug-likeness (QED) is 0.754. The third kappa shape index (κ3) is 3.96. The Hall–Kier alpha value is -0.650. The SMILES string of the molecule is OCC[NH+]1CCC(=C(c2cccs2)c2cccs2)CC1.[Cl-]. The Kier molecular flexibility index (Phi) is 6.45. The lowest BCUT2D eigenvalue weighted by Gasteiger charge is -2.26. The summed E-state index contributed by atoms with van der Waals surface area (Å²) in [6.07, 6.45) is 2.31. The lowest BCUT2D eigenvalue weighted by Crippen LogP contribution is -3.13. The molecule has 2 aromatic heterocycles. The topological polar surface area (TPSA) is 24.7 Å². The van der Waals surface area contributed by atoms with E-state index in [0.29, 0.717) is 6.61 Å². The summed E-state index contributed by atoms with van der Waals surface area (Å²) in [5.41, 5.74) is 3.06. The van der Waals surface area contributed by atoms with Crippen molar-refractivity contribution < 1.29 is 22.4 Å². The number of thiophene rings is 2. The molecule has 1 aliphatic heterocycles. The largest absolute Gasteiger partial charge is 1.00 e. The second kappa shape index (κ2) is 8.11. The Morgan fingerprint density at radius 1 is 1.05 bits per heavy atom. The summed E-state index contributed by atoms with van der Waals surface area (Å²) >= 11 is 3.67. The fraction of sp³-hybridized carbons (Fsp3) is 0.375. The highest BCUT2D eigenvalue weighted by Gasteiger charge is 2.21. The lowest BCUT2D eigenvalue weighted by atomic mass is 9.96. The molecule has 3 heterocycles.